The summed E-state index contributed by atoms with van der Waals surface area (Å²) in [5.74, 6) is 0.697. The molecule has 0 aliphatic carbocycles. The summed E-state index contributed by atoms with van der Waals surface area (Å²) in [6.45, 7) is 1.78. The van der Waals surface area contributed by atoms with Crippen LogP contribution >= 0.6 is 11.6 Å². The highest BCUT2D eigenvalue weighted by Crippen LogP contribution is 2.30. The van der Waals surface area contributed by atoms with E-state index in [1.807, 2.05) is 29.2 Å². The molecule has 0 amide bonds. The molecule has 8 heteroatoms. The molecule has 0 bridgehead atoms. The second-order valence-corrected chi connectivity index (χ2v) is 7.33. The maximum absolute atomic E-state index is 6.03. The zero-order valence-corrected chi connectivity index (χ0v) is 16.0. The molecule has 0 saturated carbocycles. The van der Waals surface area contributed by atoms with Crippen LogP contribution in [0.4, 0.5) is 11.5 Å². The fourth-order valence-corrected chi connectivity index (χ4v) is 3.77. The first-order chi connectivity index (χ1) is 13.8. The van der Waals surface area contributed by atoms with Crippen molar-refractivity contribution in [1.82, 2.24) is 19.7 Å². The standard InChI is InChI=1S/C20H20ClN5O2/c21-20-24-17-12-27-11-16(17)19(25-20)23-15-6-4-13(5-7-15)14-9-22-26(10-14)18-3-1-2-8-28-18/h4-7,9-10,18H,1-3,8,11-12H2,(H,23,24,25). The summed E-state index contributed by atoms with van der Waals surface area (Å²) in [7, 11) is 0. The Bertz CT molecular complexity index is 983. The van der Waals surface area contributed by atoms with Gasteiger partial charge >= 0.3 is 0 Å². The third kappa shape index (κ3) is 3.48. The predicted molar refractivity (Wildman–Crippen MR) is 105 cm³/mol. The van der Waals surface area contributed by atoms with E-state index in [-0.39, 0.29) is 11.5 Å². The molecule has 1 saturated heterocycles. The van der Waals surface area contributed by atoms with E-state index in [4.69, 9.17) is 21.1 Å². The molecule has 7 nitrogen and oxygen atoms in total. The molecule has 0 radical (unpaired) electrons. The number of aromatic nitrogens is 4. The fraction of sp³-hybridized carbons (Fsp3) is 0.350. The predicted octanol–water partition coefficient (Wildman–Crippen LogP) is 4.47. The Balaban J connectivity index is 1.33. The van der Waals surface area contributed by atoms with E-state index in [1.165, 1.54) is 6.42 Å². The first-order valence-electron chi connectivity index (χ1n) is 9.42. The summed E-state index contributed by atoms with van der Waals surface area (Å²) in [5, 5.41) is 8.03. The van der Waals surface area contributed by atoms with E-state index in [0.29, 0.717) is 19.0 Å². The van der Waals surface area contributed by atoms with Gasteiger partial charge in [-0.3, -0.25) is 0 Å². The molecular weight excluding hydrogens is 378 g/mol. The first-order valence-corrected chi connectivity index (χ1v) is 9.80. The molecule has 2 aliphatic heterocycles. The Morgan fingerprint density at radius 2 is 1.96 bits per heavy atom. The van der Waals surface area contributed by atoms with Crippen molar-refractivity contribution in [3.63, 3.8) is 0 Å². The molecule has 2 aliphatic rings. The lowest BCUT2D eigenvalue weighted by atomic mass is 10.1. The summed E-state index contributed by atoms with van der Waals surface area (Å²) in [6.07, 6.45) is 7.31. The molecular formula is C20H20ClN5O2. The number of fused-ring (bicyclic) bond motifs is 1. The smallest absolute Gasteiger partial charge is 0.224 e. The molecule has 2 aromatic heterocycles. The molecule has 1 atom stereocenters. The van der Waals surface area contributed by atoms with Gasteiger partial charge in [-0.1, -0.05) is 12.1 Å². The molecule has 4 heterocycles. The SMILES string of the molecule is Clc1nc2c(c(Nc3ccc(-c4cnn(C5CCCCO5)c4)cc3)n1)COC2. The van der Waals surface area contributed by atoms with Crippen LogP contribution in [-0.4, -0.2) is 26.4 Å². The number of nitrogens with zero attached hydrogens (tertiary/aromatic N) is 4. The van der Waals surface area contributed by atoms with E-state index in [9.17, 15) is 0 Å². The highest BCUT2D eigenvalue weighted by molar-refractivity contribution is 6.28. The van der Waals surface area contributed by atoms with Crippen molar-refractivity contribution in [2.24, 2.45) is 0 Å². The molecule has 1 N–H and O–H groups in total. The van der Waals surface area contributed by atoms with Crippen molar-refractivity contribution in [2.45, 2.75) is 38.7 Å². The Kier molecular flexibility index (Phi) is 4.72. The number of rotatable bonds is 4. The highest BCUT2D eigenvalue weighted by atomic mass is 35.5. The normalized spacial score (nSPS) is 18.8. The molecule has 0 spiro atoms. The van der Waals surface area contributed by atoms with Crippen molar-refractivity contribution in [2.75, 3.05) is 11.9 Å². The van der Waals surface area contributed by atoms with Gasteiger partial charge < -0.3 is 14.8 Å². The molecule has 144 valence electrons. The summed E-state index contributed by atoms with van der Waals surface area (Å²) < 4.78 is 13.2. The van der Waals surface area contributed by atoms with Crippen LogP contribution in [0.3, 0.4) is 0 Å². The van der Waals surface area contributed by atoms with Crippen LogP contribution in [0, 0.1) is 0 Å². The minimum Gasteiger partial charge on any atom is -0.370 e. The average molecular weight is 398 g/mol. The Morgan fingerprint density at radius 1 is 1.07 bits per heavy atom. The monoisotopic (exact) mass is 397 g/mol. The van der Waals surface area contributed by atoms with Crippen LogP contribution in [0.2, 0.25) is 5.28 Å². The number of halogens is 1. The molecule has 1 unspecified atom stereocenters. The fourth-order valence-electron chi connectivity index (χ4n) is 3.58. The van der Waals surface area contributed by atoms with Crippen molar-refractivity contribution in [3.8, 4) is 11.1 Å². The second-order valence-electron chi connectivity index (χ2n) is 6.99. The molecule has 1 fully saturated rings. The topological polar surface area (TPSA) is 74.1 Å². The van der Waals surface area contributed by atoms with E-state index < -0.39 is 0 Å². The number of hydrogen-bond donors (Lipinski definition) is 1. The summed E-state index contributed by atoms with van der Waals surface area (Å²) in [5.41, 5.74) is 4.90. The summed E-state index contributed by atoms with van der Waals surface area (Å²) in [6, 6.07) is 8.15. The number of anilines is 2. The zero-order chi connectivity index (χ0) is 18.9. The minimum atomic E-state index is 0.0512. The third-order valence-electron chi connectivity index (χ3n) is 5.08. The van der Waals surface area contributed by atoms with Gasteiger partial charge in [0.05, 0.1) is 25.1 Å². The Labute approximate surface area is 167 Å². The number of ether oxygens (including phenoxy) is 2. The maximum atomic E-state index is 6.03. The van der Waals surface area contributed by atoms with E-state index >= 15 is 0 Å². The number of benzene rings is 1. The summed E-state index contributed by atoms with van der Waals surface area (Å²) >= 11 is 6.03. The van der Waals surface area contributed by atoms with Gasteiger partial charge in [-0.15, -0.1) is 0 Å². The van der Waals surface area contributed by atoms with Crippen molar-refractivity contribution in [3.05, 3.63) is 53.2 Å². The van der Waals surface area contributed by atoms with E-state index in [1.54, 1.807) is 0 Å². The van der Waals surface area contributed by atoms with Gasteiger partial charge in [-0.05, 0) is 48.6 Å². The molecule has 1 aromatic carbocycles. The van der Waals surface area contributed by atoms with Crippen LogP contribution in [0.5, 0.6) is 0 Å². The second kappa shape index (κ2) is 7.50. The minimum absolute atomic E-state index is 0.0512. The van der Waals surface area contributed by atoms with Crippen LogP contribution in [0.25, 0.3) is 11.1 Å². The Hall–Kier alpha value is -2.48. The van der Waals surface area contributed by atoms with Gasteiger partial charge in [0.25, 0.3) is 0 Å². The van der Waals surface area contributed by atoms with Crippen molar-refractivity contribution >= 4 is 23.1 Å². The Morgan fingerprint density at radius 3 is 2.79 bits per heavy atom. The average Bonchev–Trinajstić information content (AvgIpc) is 3.39. The molecule has 5 rings (SSSR count). The zero-order valence-electron chi connectivity index (χ0n) is 15.3. The summed E-state index contributed by atoms with van der Waals surface area (Å²) in [4.78, 5) is 8.53. The first kappa shape index (κ1) is 17.6. The molecule has 28 heavy (non-hydrogen) atoms. The maximum Gasteiger partial charge on any atom is 0.224 e. The van der Waals surface area contributed by atoms with Crippen LogP contribution in [-0.2, 0) is 22.7 Å². The van der Waals surface area contributed by atoms with Gasteiger partial charge in [0.15, 0.2) is 0 Å². The van der Waals surface area contributed by atoms with E-state index in [0.717, 1.165) is 47.5 Å². The van der Waals surface area contributed by atoms with Crippen LogP contribution in [0.15, 0.2) is 36.7 Å². The van der Waals surface area contributed by atoms with Crippen molar-refractivity contribution in [1.29, 1.82) is 0 Å². The molecule has 3 aromatic rings. The van der Waals surface area contributed by atoms with Gasteiger partial charge in [0, 0.05) is 29.6 Å². The largest absolute Gasteiger partial charge is 0.370 e. The van der Waals surface area contributed by atoms with Gasteiger partial charge in [-0.25, -0.2) is 14.6 Å². The van der Waals surface area contributed by atoms with Crippen LogP contribution in [0.1, 0.15) is 36.7 Å². The number of hydrogen-bond acceptors (Lipinski definition) is 6. The third-order valence-corrected chi connectivity index (χ3v) is 5.25. The van der Waals surface area contributed by atoms with Gasteiger partial charge in [0.2, 0.25) is 5.28 Å². The van der Waals surface area contributed by atoms with Crippen molar-refractivity contribution < 1.29 is 9.47 Å². The van der Waals surface area contributed by atoms with E-state index in [2.05, 4.69) is 32.5 Å². The lowest BCUT2D eigenvalue weighted by molar-refractivity contribution is -0.0394. The highest BCUT2D eigenvalue weighted by Gasteiger charge is 2.20. The lowest BCUT2D eigenvalue weighted by Crippen LogP contribution is -2.18. The van der Waals surface area contributed by atoms with Crippen LogP contribution < -0.4 is 5.32 Å². The van der Waals surface area contributed by atoms with Gasteiger partial charge in [0.1, 0.15) is 12.0 Å². The lowest BCUT2D eigenvalue weighted by Gasteiger charge is -2.22. The quantitative estimate of drug-likeness (QED) is 0.655. The van der Waals surface area contributed by atoms with Gasteiger partial charge in [-0.2, -0.15) is 5.10 Å². The number of nitrogens with one attached hydrogen (secondary N) is 1.